The molecule has 16 heavy (non-hydrogen) atoms. The average molecular weight is 218 g/mol. The number of aromatic nitrogens is 2. The van der Waals surface area contributed by atoms with E-state index in [2.05, 4.69) is 4.98 Å². The summed E-state index contributed by atoms with van der Waals surface area (Å²) in [5.74, 6) is 6.02. The number of imidazole rings is 1. The van der Waals surface area contributed by atoms with Crippen molar-refractivity contribution in [2.45, 2.75) is 6.61 Å². The number of nitrogen functional groups attached to an aromatic ring is 2. The largest absolute Gasteiger partial charge is 0.382 e. The van der Waals surface area contributed by atoms with Gasteiger partial charge in [-0.05, 0) is 5.56 Å². The van der Waals surface area contributed by atoms with Gasteiger partial charge in [0.1, 0.15) is 17.8 Å². The molecule has 0 spiro atoms. The zero-order chi connectivity index (χ0) is 11.5. The molecular formula is C11H14N4O. The Morgan fingerprint density at radius 3 is 2.50 bits per heavy atom. The fourth-order valence-electron chi connectivity index (χ4n) is 1.52. The molecule has 0 fully saturated rings. The number of ether oxygens (including phenoxy) is 1. The molecule has 2 aromatic rings. The first-order valence-electron chi connectivity index (χ1n) is 4.88. The molecule has 1 aromatic carbocycles. The maximum absolute atomic E-state index is 5.78. The minimum Gasteiger partial charge on any atom is -0.382 e. The van der Waals surface area contributed by atoms with Crippen molar-refractivity contribution in [1.82, 2.24) is 9.66 Å². The molecule has 0 atom stereocenters. The molecule has 5 heteroatoms. The zero-order valence-corrected chi connectivity index (χ0v) is 9.05. The van der Waals surface area contributed by atoms with Gasteiger partial charge in [-0.15, -0.1) is 0 Å². The second-order valence-corrected chi connectivity index (χ2v) is 3.52. The quantitative estimate of drug-likeness (QED) is 0.753. The van der Waals surface area contributed by atoms with E-state index in [-0.39, 0.29) is 0 Å². The summed E-state index contributed by atoms with van der Waals surface area (Å²) in [7, 11) is 1.67. The van der Waals surface area contributed by atoms with Crippen molar-refractivity contribution >= 4 is 5.82 Å². The molecule has 2 rings (SSSR count). The van der Waals surface area contributed by atoms with E-state index in [1.807, 2.05) is 24.3 Å². The van der Waals surface area contributed by atoms with Gasteiger partial charge in [-0.3, -0.25) is 0 Å². The monoisotopic (exact) mass is 218 g/mol. The number of rotatable bonds is 3. The van der Waals surface area contributed by atoms with Crippen LogP contribution in [-0.2, 0) is 11.3 Å². The van der Waals surface area contributed by atoms with Crippen molar-refractivity contribution in [2.75, 3.05) is 18.7 Å². The Morgan fingerprint density at radius 1 is 1.31 bits per heavy atom. The highest BCUT2D eigenvalue weighted by molar-refractivity contribution is 5.70. The molecule has 0 aliphatic heterocycles. The third kappa shape index (κ3) is 1.85. The molecule has 0 bridgehead atoms. The van der Waals surface area contributed by atoms with Crippen molar-refractivity contribution in [1.29, 1.82) is 0 Å². The van der Waals surface area contributed by atoms with Crippen LogP contribution in [0.15, 0.2) is 30.6 Å². The van der Waals surface area contributed by atoms with Gasteiger partial charge in [-0.1, -0.05) is 24.3 Å². The topological polar surface area (TPSA) is 79.1 Å². The maximum Gasteiger partial charge on any atom is 0.150 e. The number of anilines is 1. The van der Waals surface area contributed by atoms with Crippen LogP contribution in [0.1, 0.15) is 5.56 Å². The van der Waals surface area contributed by atoms with Gasteiger partial charge in [0.15, 0.2) is 0 Å². The summed E-state index contributed by atoms with van der Waals surface area (Å²) in [5.41, 5.74) is 8.54. The van der Waals surface area contributed by atoms with Gasteiger partial charge in [0.05, 0.1) is 6.61 Å². The number of hydrogen-bond acceptors (Lipinski definition) is 4. The van der Waals surface area contributed by atoms with E-state index in [4.69, 9.17) is 16.3 Å². The lowest BCUT2D eigenvalue weighted by molar-refractivity contribution is 0.185. The number of methoxy groups -OCH3 is 1. The van der Waals surface area contributed by atoms with Gasteiger partial charge in [-0.25, -0.2) is 9.66 Å². The normalized spacial score (nSPS) is 10.6. The predicted molar refractivity (Wildman–Crippen MR) is 62.9 cm³/mol. The van der Waals surface area contributed by atoms with Crippen LogP contribution in [-0.4, -0.2) is 16.8 Å². The molecule has 0 unspecified atom stereocenters. The molecule has 84 valence electrons. The van der Waals surface area contributed by atoms with Crippen LogP contribution in [0, 0.1) is 0 Å². The Bertz CT molecular complexity index is 475. The third-order valence-electron chi connectivity index (χ3n) is 2.37. The lowest BCUT2D eigenvalue weighted by Crippen LogP contribution is -2.09. The first-order valence-corrected chi connectivity index (χ1v) is 4.88. The first-order chi connectivity index (χ1) is 7.72. The van der Waals surface area contributed by atoms with Crippen LogP contribution in [0.25, 0.3) is 11.3 Å². The summed E-state index contributed by atoms with van der Waals surface area (Å²) >= 11 is 0. The van der Waals surface area contributed by atoms with Crippen LogP contribution in [0.3, 0.4) is 0 Å². The van der Waals surface area contributed by atoms with Crippen LogP contribution in [0.4, 0.5) is 5.82 Å². The van der Waals surface area contributed by atoms with Crippen LogP contribution < -0.4 is 11.6 Å². The Balaban J connectivity index is 2.31. The predicted octanol–water partition coefficient (Wildman–Crippen LogP) is 0.992. The highest BCUT2D eigenvalue weighted by Gasteiger charge is 2.07. The molecule has 0 amide bonds. The average Bonchev–Trinajstić information content (AvgIpc) is 2.62. The summed E-state index contributed by atoms with van der Waals surface area (Å²) < 4.78 is 6.34. The lowest BCUT2D eigenvalue weighted by atomic mass is 10.1. The highest BCUT2D eigenvalue weighted by atomic mass is 16.5. The Morgan fingerprint density at radius 2 is 2.00 bits per heavy atom. The van der Waals surface area contributed by atoms with Crippen LogP contribution in [0.2, 0.25) is 0 Å². The SMILES string of the molecule is COCc1ccc(-c2ncn(N)c2N)cc1. The van der Waals surface area contributed by atoms with E-state index in [9.17, 15) is 0 Å². The number of nitrogens with zero attached hydrogens (tertiary/aromatic N) is 2. The van der Waals surface area contributed by atoms with Gasteiger partial charge >= 0.3 is 0 Å². The molecule has 1 aromatic heterocycles. The fraction of sp³-hybridized carbons (Fsp3) is 0.182. The maximum atomic E-state index is 5.78. The number of hydrogen-bond donors (Lipinski definition) is 2. The van der Waals surface area contributed by atoms with E-state index >= 15 is 0 Å². The van der Waals surface area contributed by atoms with Crippen LogP contribution >= 0.6 is 0 Å². The van der Waals surface area contributed by atoms with Crippen molar-refractivity contribution in [3.05, 3.63) is 36.2 Å². The molecule has 0 aliphatic carbocycles. The second-order valence-electron chi connectivity index (χ2n) is 3.52. The summed E-state index contributed by atoms with van der Waals surface area (Å²) in [4.78, 5) is 4.14. The van der Waals surface area contributed by atoms with Gasteiger partial charge < -0.3 is 16.3 Å². The number of nitrogens with two attached hydrogens (primary N) is 2. The molecule has 0 saturated heterocycles. The summed E-state index contributed by atoms with van der Waals surface area (Å²) in [5, 5.41) is 0. The van der Waals surface area contributed by atoms with Gasteiger partial charge in [0.25, 0.3) is 0 Å². The van der Waals surface area contributed by atoms with E-state index in [0.29, 0.717) is 18.1 Å². The van der Waals surface area contributed by atoms with Gasteiger partial charge in [0.2, 0.25) is 0 Å². The fourth-order valence-corrected chi connectivity index (χ4v) is 1.52. The molecule has 0 radical (unpaired) electrons. The molecule has 1 heterocycles. The third-order valence-corrected chi connectivity index (χ3v) is 2.37. The zero-order valence-electron chi connectivity index (χ0n) is 9.05. The Kier molecular flexibility index (Phi) is 2.78. The molecule has 4 N–H and O–H groups in total. The minimum atomic E-state index is 0.458. The molecule has 0 saturated carbocycles. The highest BCUT2D eigenvalue weighted by Crippen LogP contribution is 2.23. The first kappa shape index (κ1) is 10.5. The molecule has 5 nitrogen and oxygen atoms in total. The van der Waals surface area contributed by atoms with E-state index in [1.54, 1.807) is 7.11 Å². The minimum absolute atomic E-state index is 0.458. The second kappa shape index (κ2) is 4.24. The van der Waals surface area contributed by atoms with Gasteiger partial charge in [-0.2, -0.15) is 0 Å². The van der Waals surface area contributed by atoms with Crippen LogP contribution in [0.5, 0.6) is 0 Å². The van der Waals surface area contributed by atoms with E-state index < -0.39 is 0 Å². The van der Waals surface area contributed by atoms with Crippen molar-refractivity contribution < 1.29 is 4.74 Å². The van der Waals surface area contributed by atoms with E-state index in [0.717, 1.165) is 11.1 Å². The number of benzene rings is 1. The standard InChI is InChI=1S/C11H14N4O/c1-16-6-8-2-4-9(5-3-8)10-11(12)15(13)7-14-10/h2-5,7H,6,12-13H2,1H3. The Labute approximate surface area is 93.6 Å². The Hall–Kier alpha value is -2.01. The molecule has 0 aliphatic rings. The summed E-state index contributed by atoms with van der Waals surface area (Å²) in [6.45, 7) is 0.598. The lowest BCUT2D eigenvalue weighted by Gasteiger charge is -2.02. The van der Waals surface area contributed by atoms with Gasteiger partial charge in [0, 0.05) is 12.7 Å². The smallest absolute Gasteiger partial charge is 0.150 e. The summed E-state index contributed by atoms with van der Waals surface area (Å²) in [6.07, 6.45) is 1.49. The van der Waals surface area contributed by atoms with Crippen molar-refractivity contribution in [3.63, 3.8) is 0 Å². The van der Waals surface area contributed by atoms with Crippen molar-refractivity contribution in [2.24, 2.45) is 0 Å². The summed E-state index contributed by atoms with van der Waals surface area (Å²) in [6, 6.07) is 7.86. The van der Waals surface area contributed by atoms with Crippen molar-refractivity contribution in [3.8, 4) is 11.3 Å². The van der Waals surface area contributed by atoms with E-state index in [1.165, 1.54) is 11.0 Å². The molecular weight excluding hydrogens is 204 g/mol.